The number of hydrogen-bond donors (Lipinski definition) is 2. The predicted octanol–water partition coefficient (Wildman–Crippen LogP) is 3.22. The molecule has 3 N–H and O–H groups in total. The van der Waals surface area contributed by atoms with Crippen LogP contribution >= 0.6 is 7.60 Å². The van der Waals surface area contributed by atoms with Crippen LogP contribution in [0.25, 0.3) is 0 Å². The van der Waals surface area contributed by atoms with E-state index in [4.69, 9.17) is 14.8 Å². The predicted molar refractivity (Wildman–Crippen MR) is 114 cm³/mol. The highest BCUT2D eigenvalue weighted by molar-refractivity contribution is 7.56. The van der Waals surface area contributed by atoms with E-state index in [9.17, 15) is 19.3 Å². The standard InChI is InChI=1S/C21H33N2O6P/c1-4-23-13-12-17(16-10-8-7-9-11-16)15-21(23,19(24)14-18(22)20(25)26)30(27,28-5-2)29-6-3/h7-11,17-18H,4-6,12-15,22H2,1-3H3,(H,25,26)/t17?,18-,21?/m1/s1. The molecule has 0 aromatic heterocycles. The van der Waals surface area contributed by atoms with E-state index in [-0.39, 0.29) is 25.6 Å². The number of carboxylic acid groups (broad SMARTS) is 1. The highest BCUT2D eigenvalue weighted by Crippen LogP contribution is 2.66. The van der Waals surface area contributed by atoms with Crippen molar-refractivity contribution in [3.63, 3.8) is 0 Å². The molecule has 168 valence electrons. The number of carbonyl (C=O) groups excluding carboxylic acids is 1. The highest BCUT2D eigenvalue weighted by Gasteiger charge is 2.62. The summed E-state index contributed by atoms with van der Waals surface area (Å²) in [5, 5.41) is 7.67. The Morgan fingerprint density at radius 2 is 1.83 bits per heavy atom. The monoisotopic (exact) mass is 440 g/mol. The molecule has 1 aromatic rings. The molecule has 1 aliphatic rings. The molecular formula is C21H33N2O6P. The SMILES string of the molecule is CCOP(=O)(OCC)C1(C(=O)C[C@@H](N)C(=O)O)CC(c2ccccc2)CCN1CC. The molecule has 1 aliphatic heterocycles. The molecule has 1 fully saturated rings. The minimum Gasteiger partial charge on any atom is -0.480 e. The summed E-state index contributed by atoms with van der Waals surface area (Å²) in [5.41, 5.74) is 6.73. The summed E-state index contributed by atoms with van der Waals surface area (Å²) < 4.78 is 25.5. The Labute approximate surface area is 178 Å². The van der Waals surface area contributed by atoms with Gasteiger partial charge in [-0.2, -0.15) is 0 Å². The van der Waals surface area contributed by atoms with Crippen LogP contribution in [0.1, 0.15) is 51.5 Å². The molecule has 0 radical (unpaired) electrons. The summed E-state index contributed by atoms with van der Waals surface area (Å²) >= 11 is 0. The first-order valence-electron chi connectivity index (χ1n) is 10.5. The van der Waals surface area contributed by atoms with Crippen LogP contribution in [0.5, 0.6) is 0 Å². The van der Waals surface area contributed by atoms with E-state index in [0.29, 0.717) is 13.1 Å². The van der Waals surface area contributed by atoms with Crippen molar-refractivity contribution in [3.8, 4) is 0 Å². The summed E-state index contributed by atoms with van der Waals surface area (Å²) in [6, 6.07) is 8.35. The molecule has 1 saturated heterocycles. The van der Waals surface area contributed by atoms with Crippen LogP contribution in [0.4, 0.5) is 0 Å². The smallest absolute Gasteiger partial charge is 0.358 e. The molecule has 0 bridgehead atoms. The number of piperidine rings is 1. The molecule has 0 spiro atoms. The number of carbonyl (C=O) groups is 2. The molecule has 2 unspecified atom stereocenters. The minimum absolute atomic E-state index is 0.0479. The van der Waals surface area contributed by atoms with Crippen LogP contribution in [0.3, 0.4) is 0 Å². The van der Waals surface area contributed by atoms with Gasteiger partial charge in [0.15, 0.2) is 11.1 Å². The maximum Gasteiger partial charge on any atom is 0.358 e. The third-order valence-electron chi connectivity index (χ3n) is 5.67. The molecular weight excluding hydrogens is 407 g/mol. The Hall–Kier alpha value is -1.57. The highest BCUT2D eigenvalue weighted by atomic mass is 31.2. The Kier molecular flexibility index (Phi) is 8.76. The first kappa shape index (κ1) is 24.7. The molecule has 3 atom stereocenters. The third kappa shape index (κ3) is 4.84. The van der Waals surface area contributed by atoms with Crippen molar-refractivity contribution in [2.75, 3.05) is 26.3 Å². The zero-order chi connectivity index (χ0) is 22.4. The number of nitrogens with two attached hydrogens (primary N) is 1. The summed E-state index contributed by atoms with van der Waals surface area (Å²) in [5.74, 6) is -1.84. The van der Waals surface area contributed by atoms with Crippen LogP contribution in [-0.4, -0.2) is 59.4 Å². The first-order chi connectivity index (χ1) is 14.3. The van der Waals surface area contributed by atoms with E-state index in [1.165, 1.54) is 0 Å². The number of benzene rings is 1. The molecule has 0 saturated carbocycles. The van der Waals surface area contributed by atoms with Crippen molar-refractivity contribution >= 4 is 19.3 Å². The fourth-order valence-corrected chi connectivity index (χ4v) is 6.88. The van der Waals surface area contributed by atoms with Gasteiger partial charge < -0.3 is 19.9 Å². The molecule has 1 aromatic carbocycles. The van der Waals surface area contributed by atoms with Gasteiger partial charge in [-0.15, -0.1) is 0 Å². The summed E-state index contributed by atoms with van der Waals surface area (Å²) in [7, 11) is -3.97. The fraction of sp³-hybridized carbons (Fsp3) is 0.619. The summed E-state index contributed by atoms with van der Waals surface area (Å²) in [4.78, 5) is 26.8. The molecule has 0 amide bonds. The maximum atomic E-state index is 14.1. The van der Waals surface area contributed by atoms with Crippen LogP contribution in [0, 0.1) is 0 Å². The molecule has 2 rings (SSSR count). The average molecular weight is 440 g/mol. The van der Waals surface area contributed by atoms with Crippen molar-refractivity contribution in [1.29, 1.82) is 0 Å². The van der Waals surface area contributed by atoms with E-state index < -0.39 is 37.1 Å². The molecule has 1 heterocycles. The Morgan fingerprint density at radius 3 is 2.33 bits per heavy atom. The van der Waals surface area contributed by atoms with Crippen molar-refractivity contribution < 1.29 is 28.3 Å². The van der Waals surface area contributed by atoms with Gasteiger partial charge in [0.1, 0.15) is 6.04 Å². The van der Waals surface area contributed by atoms with E-state index in [1.54, 1.807) is 13.8 Å². The zero-order valence-corrected chi connectivity index (χ0v) is 18.8. The van der Waals surface area contributed by atoms with Crippen LogP contribution in [0.2, 0.25) is 0 Å². The summed E-state index contributed by atoms with van der Waals surface area (Å²) in [6.07, 6.45) is 0.543. The number of hydrogen-bond acceptors (Lipinski definition) is 7. The van der Waals surface area contributed by atoms with Gasteiger partial charge in [0.05, 0.1) is 13.2 Å². The van der Waals surface area contributed by atoms with Gasteiger partial charge >= 0.3 is 13.6 Å². The van der Waals surface area contributed by atoms with Gasteiger partial charge in [-0.3, -0.25) is 19.1 Å². The second-order valence-corrected chi connectivity index (χ2v) is 9.65. The van der Waals surface area contributed by atoms with Gasteiger partial charge in [0, 0.05) is 13.0 Å². The molecule has 9 heteroatoms. The van der Waals surface area contributed by atoms with Crippen LogP contribution < -0.4 is 5.73 Å². The van der Waals surface area contributed by atoms with Crippen LogP contribution in [0.15, 0.2) is 30.3 Å². The number of ketones is 1. The molecule has 0 aliphatic carbocycles. The lowest BCUT2D eigenvalue weighted by atomic mass is 9.82. The Bertz CT molecular complexity index is 764. The van der Waals surface area contributed by atoms with Crippen LogP contribution in [-0.2, 0) is 23.2 Å². The minimum atomic E-state index is -3.97. The average Bonchev–Trinajstić information content (AvgIpc) is 2.73. The molecule has 8 nitrogen and oxygen atoms in total. The van der Waals surface area contributed by atoms with E-state index in [2.05, 4.69) is 0 Å². The lowest BCUT2D eigenvalue weighted by Crippen LogP contribution is -2.59. The second-order valence-electron chi connectivity index (χ2n) is 7.40. The maximum absolute atomic E-state index is 14.1. The van der Waals surface area contributed by atoms with E-state index >= 15 is 0 Å². The lowest BCUT2D eigenvalue weighted by molar-refractivity contribution is -0.142. The topological polar surface area (TPSA) is 119 Å². The number of rotatable bonds is 11. The van der Waals surface area contributed by atoms with Crippen molar-refractivity contribution in [3.05, 3.63) is 35.9 Å². The van der Waals surface area contributed by atoms with E-state index in [1.807, 2.05) is 42.2 Å². The van der Waals surface area contributed by atoms with Gasteiger partial charge in [0.2, 0.25) is 0 Å². The number of nitrogens with zero attached hydrogens (tertiary/aromatic N) is 1. The Morgan fingerprint density at radius 1 is 1.23 bits per heavy atom. The number of likely N-dealkylation sites (N-methyl/N-ethyl adjacent to an activating group) is 1. The normalized spacial score (nSPS) is 23.8. The molecule has 30 heavy (non-hydrogen) atoms. The van der Waals surface area contributed by atoms with Gasteiger partial charge in [-0.25, -0.2) is 0 Å². The largest absolute Gasteiger partial charge is 0.480 e. The number of aliphatic carboxylic acids is 1. The fourth-order valence-electron chi connectivity index (χ4n) is 4.27. The van der Waals surface area contributed by atoms with Gasteiger partial charge in [-0.1, -0.05) is 37.3 Å². The van der Waals surface area contributed by atoms with Crippen molar-refractivity contribution in [2.24, 2.45) is 5.73 Å². The number of likely N-dealkylation sites (tertiary alicyclic amines) is 1. The third-order valence-corrected chi connectivity index (χ3v) is 8.49. The second kappa shape index (κ2) is 10.6. The van der Waals surface area contributed by atoms with Crippen molar-refractivity contribution in [2.45, 2.75) is 57.3 Å². The quantitative estimate of drug-likeness (QED) is 0.504. The first-order valence-corrected chi connectivity index (χ1v) is 12.0. The summed E-state index contributed by atoms with van der Waals surface area (Å²) in [6.45, 7) is 6.43. The lowest BCUT2D eigenvalue weighted by Gasteiger charge is -2.50. The van der Waals surface area contributed by atoms with E-state index in [0.717, 1.165) is 12.0 Å². The zero-order valence-electron chi connectivity index (χ0n) is 18.0. The number of Topliss-reactive ketones (excluding diaryl/α,β-unsaturated/α-hetero) is 1. The van der Waals surface area contributed by atoms with Gasteiger partial charge in [-0.05, 0) is 44.7 Å². The Balaban J connectivity index is 2.61. The number of carboxylic acids is 1. The van der Waals surface area contributed by atoms with Gasteiger partial charge in [0.25, 0.3) is 0 Å². The van der Waals surface area contributed by atoms with Crippen molar-refractivity contribution in [1.82, 2.24) is 4.90 Å².